The van der Waals surface area contributed by atoms with Crippen LogP contribution < -0.4 is 16.0 Å². The number of hydrogen-bond acceptors (Lipinski definition) is 6. The first-order valence-corrected chi connectivity index (χ1v) is 23.3. The van der Waals surface area contributed by atoms with Crippen LogP contribution in [0.3, 0.4) is 0 Å². The second-order valence-corrected chi connectivity index (χ2v) is 17.8. The molecule has 3 N–H and O–H groups in total. The minimum Gasteiger partial charge on any atom is -0.449 e. The van der Waals surface area contributed by atoms with E-state index in [0.717, 1.165) is 38.9 Å². The average molecular weight is 933 g/mol. The van der Waals surface area contributed by atoms with Crippen molar-refractivity contribution in [3.63, 3.8) is 0 Å². The van der Waals surface area contributed by atoms with Gasteiger partial charge in [-0.3, -0.25) is 14.4 Å². The molecular formula is C59H50ClN3O6. The van der Waals surface area contributed by atoms with Crippen LogP contribution >= 0.6 is 11.6 Å². The van der Waals surface area contributed by atoms with Crippen molar-refractivity contribution in [1.82, 2.24) is 16.0 Å². The summed E-state index contributed by atoms with van der Waals surface area (Å²) >= 11 is 7.70. The molecule has 0 fully saturated rings. The second kappa shape index (κ2) is 20.1. The fourth-order valence-electron chi connectivity index (χ4n) is 9.96. The lowest BCUT2D eigenvalue weighted by atomic mass is 9.70. The number of nitrogens with one attached hydrogen (secondary N) is 3. The third-order valence-corrected chi connectivity index (χ3v) is 13.4. The lowest BCUT2D eigenvalue weighted by molar-refractivity contribution is -0.159. The van der Waals surface area contributed by atoms with Gasteiger partial charge in [-0.15, -0.1) is 0 Å². The van der Waals surface area contributed by atoms with Gasteiger partial charge in [-0.05, 0) is 45.0 Å². The molecule has 0 radical (unpaired) electrons. The highest BCUT2D eigenvalue weighted by molar-refractivity contribution is 6.26. The monoisotopic (exact) mass is 931 g/mol. The van der Waals surface area contributed by atoms with E-state index in [-0.39, 0.29) is 12.5 Å². The van der Waals surface area contributed by atoms with Gasteiger partial charge in [0.2, 0.25) is 11.8 Å². The van der Waals surface area contributed by atoms with Crippen molar-refractivity contribution in [3.05, 3.63) is 263 Å². The number of carbonyl (C=O) groups is 4. The standard InChI is InChI=1S/C59H50ClN3O6/c1-41(64)69-59(45-29-13-5-14-30-45,46-31-15-6-16-32-46)53-37-21-22-38-57(53,60)63-55(66)52(61-56(67)68-40-51-49-35-19-17-33-47(49)48-34-18-20-36-50(48)51)39-54(65)62-58(42-23-7-2-8-24-42,43-25-9-3-10-26-43)44-27-11-4-12-28-44/h2-38,51-53H,39-40H2,1H3,(H,61,67)(H,62,65)(H,63,66)/t52-,53?,57?/m0/s1. The van der Waals surface area contributed by atoms with E-state index in [9.17, 15) is 9.59 Å². The molecule has 2 aliphatic rings. The van der Waals surface area contributed by atoms with Crippen molar-refractivity contribution >= 4 is 35.5 Å². The minimum atomic E-state index is -1.80. The largest absolute Gasteiger partial charge is 0.449 e. The summed E-state index contributed by atoms with van der Waals surface area (Å²) in [6, 6.07) is 61.6. The van der Waals surface area contributed by atoms with Crippen molar-refractivity contribution in [2.45, 2.75) is 41.4 Å². The van der Waals surface area contributed by atoms with E-state index in [1.165, 1.54) is 6.92 Å². The third kappa shape index (κ3) is 9.21. The summed E-state index contributed by atoms with van der Waals surface area (Å²) < 4.78 is 12.4. The van der Waals surface area contributed by atoms with E-state index < -0.39 is 58.4 Å². The Balaban J connectivity index is 1.08. The van der Waals surface area contributed by atoms with Gasteiger partial charge in [0.15, 0.2) is 5.60 Å². The second-order valence-electron chi connectivity index (χ2n) is 17.2. The van der Waals surface area contributed by atoms with Gasteiger partial charge in [0.1, 0.15) is 23.2 Å². The number of benzene rings is 7. The number of allylic oxidation sites excluding steroid dienone is 2. The first-order chi connectivity index (χ1) is 33.6. The van der Waals surface area contributed by atoms with E-state index in [2.05, 4.69) is 16.0 Å². The van der Waals surface area contributed by atoms with Crippen LogP contribution in [0, 0.1) is 5.92 Å². The average Bonchev–Trinajstić information content (AvgIpc) is 3.71. The lowest BCUT2D eigenvalue weighted by Crippen LogP contribution is -2.61. The number of esters is 1. The van der Waals surface area contributed by atoms with Crippen molar-refractivity contribution in [2.24, 2.45) is 5.92 Å². The summed E-state index contributed by atoms with van der Waals surface area (Å²) in [5, 5.41) is 9.08. The summed E-state index contributed by atoms with van der Waals surface area (Å²) in [4.78, 5) is 55.9. The van der Waals surface area contributed by atoms with Crippen LogP contribution in [0.25, 0.3) is 11.1 Å². The van der Waals surface area contributed by atoms with Gasteiger partial charge in [0.05, 0.1) is 12.3 Å². The van der Waals surface area contributed by atoms with Crippen molar-refractivity contribution in [3.8, 4) is 11.1 Å². The number of ether oxygens (including phenoxy) is 2. The van der Waals surface area contributed by atoms with Gasteiger partial charge < -0.3 is 25.4 Å². The molecule has 3 amide bonds. The Labute approximate surface area is 406 Å². The first-order valence-electron chi connectivity index (χ1n) is 22.9. The van der Waals surface area contributed by atoms with Crippen LogP contribution in [0.1, 0.15) is 58.2 Å². The molecule has 0 aliphatic heterocycles. The molecular weight excluding hydrogens is 882 g/mol. The normalized spacial score (nSPS) is 16.6. The molecule has 2 aliphatic carbocycles. The van der Waals surface area contributed by atoms with Crippen LogP contribution in [0.5, 0.6) is 0 Å². The molecule has 7 aromatic rings. The highest BCUT2D eigenvalue weighted by atomic mass is 35.5. The minimum absolute atomic E-state index is 0.0341. The number of hydrogen-bond donors (Lipinski definition) is 3. The maximum atomic E-state index is 15.2. The Morgan fingerprint density at radius 3 is 1.49 bits per heavy atom. The molecule has 0 saturated carbocycles. The summed E-state index contributed by atoms with van der Waals surface area (Å²) in [6.45, 7) is 1.29. The Kier molecular flexibility index (Phi) is 13.4. The Bertz CT molecular complexity index is 2820. The summed E-state index contributed by atoms with van der Waals surface area (Å²) in [6.07, 6.45) is 5.41. The van der Waals surface area contributed by atoms with Gasteiger partial charge in [-0.2, -0.15) is 0 Å². The highest BCUT2D eigenvalue weighted by Gasteiger charge is 2.55. The van der Waals surface area contributed by atoms with Gasteiger partial charge >= 0.3 is 12.1 Å². The van der Waals surface area contributed by atoms with E-state index in [1.54, 1.807) is 24.3 Å². The fourth-order valence-corrected chi connectivity index (χ4v) is 10.4. The molecule has 9 rings (SSSR count). The lowest BCUT2D eigenvalue weighted by Gasteiger charge is -2.47. The maximum Gasteiger partial charge on any atom is 0.407 e. The number of halogens is 1. The number of amides is 3. The van der Waals surface area contributed by atoms with Gasteiger partial charge in [0.25, 0.3) is 0 Å². The number of alkyl halides is 1. The summed E-state index contributed by atoms with van der Waals surface area (Å²) in [5.74, 6) is -3.17. The molecule has 0 saturated heterocycles. The Morgan fingerprint density at radius 1 is 0.594 bits per heavy atom. The molecule has 69 heavy (non-hydrogen) atoms. The van der Waals surface area contributed by atoms with E-state index in [0.29, 0.717) is 11.1 Å². The predicted molar refractivity (Wildman–Crippen MR) is 268 cm³/mol. The summed E-state index contributed by atoms with van der Waals surface area (Å²) in [5.41, 5.74) is 4.85. The molecule has 0 heterocycles. The van der Waals surface area contributed by atoms with Crippen LogP contribution in [0.15, 0.2) is 224 Å². The molecule has 0 aromatic heterocycles. The molecule has 9 nitrogen and oxygen atoms in total. The van der Waals surface area contributed by atoms with Gasteiger partial charge in [0, 0.05) is 24.0 Å². The summed E-state index contributed by atoms with van der Waals surface area (Å²) in [7, 11) is 0. The topological polar surface area (TPSA) is 123 Å². The van der Waals surface area contributed by atoms with Crippen molar-refractivity contribution < 1.29 is 28.7 Å². The van der Waals surface area contributed by atoms with Crippen molar-refractivity contribution in [1.29, 1.82) is 0 Å². The molecule has 7 aromatic carbocycles. The van der Waals surface area contributed by atoms with Crippen LogP contribution in [0.4, 0.5) is 4.79 Å². The third-order valence-electron chi connectivity index (χ3n) is 13.0. The molecule has 0 bridgehead atoms. The number of carbonyl (C=O) groups excluding carboxylic acids is 4. The SMILES string of the molecule is CC(=O)OC(c1ccccc1)(c1ccccc1)C1C=CC=CC1(Cl)NC(=O)[C@H](CC(=O)NC(c1ccccc1)(c1ccccc1)c1ccccc1)NC(=O)OCC1c2ccccc2-c2ccccc21. The van der Waals surface area contributed by atoms with Crippen LogP contribution in [0.2, 0.25) is 0 Å². The van der Waals surface area contributed by atoms with E-state index >= 15 is 9.59 Å². The van der Waals surface area contributed by atoms with Gasteiger partial charge in [-0.1, -0.05) is 230 Å². The van der Waals surface area contributed by atoms with E-state index in [4.69, 9.17) is 21.1 Å². The number of alkyl carbamates (subject to hydrolysis) is 1. The maximum absolute atomic E-state index is 15.2. The molecule has 0 spiro atoms. The Morgan fingerprint density at radius 2 is 1.03 bits per heavy atom. The smallest absolute Gasteiger partial charge is 0.407 e. The molecule has 3 atom stereocenters. The quantitative estimate of drug-likeness (QED) is 0.0407. The highest BCUT2D eigenvalue weighted by Crippen LogP contribution is 2.50. The fraction of sp³-hybridized carbons (Fsp3) is 0.153. The van der Waals surface area contributed by atoms with Gasteiger partial charge in [-0.25, -0.2) is 4.79 Å². The van der Waals surface area contributed by atoms with E-state index in [1.807, 2.05) is 200 Å². The predicted octanol–water partition coefficient (Wildman–Crippen LogP) is 10.7. The van der Waals surface area contributed by atoms with Crippen molar-refractivity contribution in [2.75, 3.05) is 6.61 Å². The number of fused-ring (bicyclic) bond motifs is 3. The Hall–Kier alpha value is -8.01. The zero-order valence-corrected chi connectivity index (χ0v) is 38.6. The molecule has 2 unspecified atom stereocenters. The zero-order valence-electron chi connectivity index (χ0n) is 37.8. The molecule has 344 valence electrons. The molecule has 10 heteroatoms. The first kappa shape index (κ1) is 46.1. The number of rotatable bonds is 15. The van der Waals surface area contributed by atoms with Crippen LogP contribution in [-0.2, 0) is 35.0 Å². The van der Waals surface area contributed by atoms with Crippen LogP contribution in [-0.4, -0.2) is 41.5 Å². The zero-order chi connectivity index (χ0) is 47.9.